The SMILES string of the molecule is [N-]=[N+]=Nc1ccc(OCc2ccccc2)cc1OCc1ccccc1. The van der Waals surface area contributed by atoms with Gasteiger partial charge in [-0.2, -0.15) is 0 Å². The van der Waals surface area contributed by atoms with Crippen LogP contribution in [0.1, 0.15) is 11.1 Å². The predicted molar refractivity (Wildman–Crippen MR) is 96.8 cm³/mol. The van der Waals surface area contributed by atoms with Gasteiger partial charge in [0.05, 0.1) is 5.69 Å². The number of nitrogens with zero attached hydrogens (tertiary/aromatic N) is 3. The summed E-state index contributed by atoms with van der Waals surface area (Å²) in [5, 5.41) is 3.68. The van der Waals surface area contributed by atoms with E-state index in [1.807, 2.05) is 60.7 Å². The Bertz CT molecular complexity index is 861. The fourth-order valence-corrected chi connectivity index (χ4v) is 2.31. The molecule has 0 bridgehead atoms. The molecule has 0 aromatic heterocycles. The first-order valence-corrected chi connectivity index (χ1v) is 7.88. The summed E-state index contributed by atoms with van der Waals surface area (Å²) >= 11 is 0. The minimum Gasteiger partial charge on any atom is -0.489 e. The second-order valence-corrected chi connectivity index (χ2v) is 5.37. The summed E-state index contributed by atoms with van der Waals surface area (Å²) in [6, 6.07) is 24.9. The molecule has 0 aliphatic rings. The van der Waals surface area contributed by atoms with Gasteiger partial charge in [0.25, 0.3) is 0 Å². The average Bonchev–Trinajstić information content (AvgIpc) is 2.68. The van der Waals surface area contributed by atoms with Crippen molar-refractivity contribution in [2.75, 3.05) is 0 Å². The summed E-state index contributed by atoms with van der Waals surface area (Å²) in [7, 11) is 0. The molecule has 0 saturated heterocycles. The van der Waals surface area contributed by atoms with Crippen LogP contribution in [0.4, 0.5) is 5.69 Å². The zero-order chi connectivity index (χ0) is 17.3. The van der Waals surface area contributed by atoms with Crippen LogP contribution in [-0.2, 0) is 13.2 Å². The lowest BCUT2D eigenvalue weighted by molar-refractivity contribution is 0.290. The normalized spacial score (nSPS) is 9.92. The monoisotopic (exact) mass is 331 g/mol. The molecular weight excluding hydrogens is 314 g/mol. The van der Waals surface area contributed by atoms with E-state index >= 15 is 0 Å². The summed E-state index contributed by atoms with van der Waals surface area (Å²) in [6.07, 6.45) is 0. The zero-order valence-electron chi connectivity index (χ0n) is 13.6. The van der Waals surface area contributed by atoms with Crippen LogP contribution in [0.5, 0.6) is 11.5 Å². The lowest BCUT2D eigenvalue weighted by Gasteiger charge is -2.12. The standard InChI is InChI=1S/C20H17N3O2/c21-23-22-19-12-11-18(24-14-16-7-3-1-4-8-16)13-20(19)25-15-17-9-5-2-6-10-17/h1-13H,14-15H2. The first-order valence-electron chi connectivity index (χ1n) is 7.88. The molecule has 3 aromatic rings. The van der Waals surface area contributed by atoms with E-state index in [0.29, 0.717) is 30.4 Å². The quantitative estimate of drug-likeness (QED) is 0.312. The van der Waals surface area contributed by atoms with E-state index in [1.165, 1.54) is 0 Å². The largest absolute Gasteiger partial charge is 0.489 e. The smallest absolute Gasteiger partial charge is 0.133 e. The highest BCUT2D eigenvalue weighted by Crippen LogP contribution is 2.33. The molecule has 5 nitrogen and oxygen atoms in total. The number of rotatable bonds is 7. The molecule has 3 aromatic carbocycles. The van der Waals surface area contributed by atoms with Gasteiger partial charge in [-0.25, -0.2) is 0 Å². The Morgan fingerprint density at radius 3 is 1.96 bits per heavy atom. The summed E-state index contributed by atoms with van der Waals surface area (Å²) in [5.74, 6) is 1.15. The Kier molecular flexibility index (Phi) is 5.54. The first kappa shape index (κ1) is 16.4. The Balaban J connectivity index is 1.73. The molecule has 0 fully saturated rings. The van der Waals surface area contributed by atoms with E-state index in [2.05, 4.69) is 10.0 Å². The number of ether oxygens (including phenoxy) is 2. The van der Waals surface area contributed by atoms with Gasteiger partial charge in [-0.05, 0) is 28.8 Å². The number of hydrogen-bond donors (Lipinski definition) is 0. The van der Waals surface area contributed by atoms with E-state index in [-0.39, 0.29) is 0 Å². The molecular formula is C20H17N3O2. The molecule has 0 aliphatic carbocycles. The predicted octanol–water partition coefficient (Wildman–Crippen LogP) is 5.79. The highest BCUT2D eigenvalue weighted by Gasteiger charge is 2.06. The molecule has 0 spiro atoms. The van der Waals surface area contributed by atoms with Gasteiger partial charge in [-0.15, -0.1) is 0 Å². The Labute approximate surface area is 146 Å². The maximum Gasteiger partial charge on any atom is 0.133 e. The molecule has 0 atom stereocenters. The summed E-state index contributed by atoms with van der Waals surface area (Å²) in [5.41, 5.74) is 11.3. The molecule has 0 aliphatic heterocycles. The number of azide groups is 1. The summed E-state index contributed by atoms with van der Waals surface area (Å²) in [4.78, 5) is 2.85. The van der Waals surface area contributed by atoms with Gasteiger partial charge >= 0.3 is 0 Å². The zero-order valence-corrected chi connectivity index (χ0v) is 13.6. The lowest BCUT2D eigenvalue weighted by atomic mass is 10.2. The second-order valence-electron chi connectivity index (χ2n) is 5.37. The van der Waals surface area contributed by atoms with E-state index < -0.39 is 0 Å². The van der Waals surface area contributed by atoms with Gasteiger partial charge in [0, 0.05) is 11.0 Å². The highest BCUT2D eigenvalue weighted by atomic mass is 16.5. The van der Waals surface area contributed by atoms with Crippen LogP contribution in [0.3, 0.4) is 0 Å². The van der Waals surface area contributed by atoms with Crippen molar-refractivity contribution >= 4 is 5.69 Å². The molecule has 5 heteroatoms. The van der Waals surface area contributed by atoms with Gasteiger partial charge in [0.15, 0.2) is 0 Å². The van der Waals surface area contributed by atoms with E-state index in [0.717, 1.165) is 11.1 Å². The van der Waals surface area contributed by atoms with Crippen molar-refractivity contribution < 1.29 is 9.47 Å². The average molecular weight is 331 g/mol. The molecule has 0 amide bonds. The van der Waals surface area contributed by atoms with Crippen LogP contribution in [-0.4, -0.2) is 0 Å². The van der Waals surface area contributed by atoms with Crippen molar-refractivity contribution in [2.24, 2.45) is 5.11 Å². The van der Waals surface area contributed by atoms with Crippen molar-refractivity contribution in [1.29, 1.82) is 0 Å². The minimum atomic E-state index is 0.386. The third kappa shape index (κ3) is 4.77. The minimum absolute atomic E-state index is 0.386. The van der Waals surface area contributed by atoms with Gasteiger partial charge in [0.1, 0.15) is 24.7 Å². The van der Waals surface area contributed by atoms with Crippen molar-refractivity contribution in [1.82, 2.24) is 0 Å². The second kappa shape index (κ2) is 8.43. The van der Waals surface area contributed by atoms with E-state index in [1.54, 1.807) is 18.2 Å². The van der Waals surface area contributed by atoms with Gasteiger partial charge in [-0.1, -0.05) is 65.8 Å². The first-order chi connectivity index (χ1) is 12.3. The molecule has 0 unspecified atom stereocenters. The van der Waals surface area contributed by atoms with E-state index in [9.17, 15) is 0 Å². The molecule has 0 saturated carbocycles. The molecule has 124 valence electrons. The van der Waals surface area contributed by atoms with Gasteiger partial charge in [-0.3, -0.25) is 0 Å². The molecule has 0 radical (unpaired) electrons. The maximum absolute atomic E-state index is 8.72. The summed E-state index contributed by atoms with van der Waals surface area (Å²) < 4.78 is 11.6. The fourth-order valence-electron chi connectivity index (χ4n) is 2.31. The van der Waals surface area contributed by atoms with Crippen molar-refractivity contribution in [3.8, 4) is 11.5 Å². The topological polar surface area (TPSA) is 67.2 Å². The molecule has 3 rings (SSSR count). The Hall–Kier alpha value is -3.43. The van der Waals surface area contributed by atoms with Crippen LogP contribution in [0.15, 0.2) is 84.0 Å². The van der Waals surface area contributed by atoms with Crippen LogP contribution in [0.2, 0.25) is 0 Å². The van der Waals surface area contributed by atoms with E-state index in [4.69, 9.17) is 15.0 Å². The van der Waals surface area contributed by atoms with Crippen molar-refractivity contribution in [3.63, 3.8) is 0 Å². The third-order valence-electron chi connectivity index (χ3n) is 3.57. The third-order valence-corrected chi connectivity index (χ3v) is 3.57. The number of hydrogen-bond acceptors (Lipinski definition) is 3. The highest BCUT2D eigenvalue weighted by molar-refractivity contribution is 5.55. The lowest BCUT2D eigenvalue weighted by Crippen LogP contribution is -1.98. The van der Waals surface area contributed by atoms with Gasteiger partial charge < -0.3 is 9.47 Å². The maximum atomic E-state index is 8.72. The summed E-state index contributed by atoms with van der Waals surface area (Å²) in [6.45, 7) is 0.844. The molecule has 0 N–H and O–H groups in total. The molecule has 0 heterocycles. The Morgan fingerprint density at radius 1 is 0.760 bits per heavy atom. The Morgan fingerprint density at radius 2 is 1.36 bits per heavy atom. The van der Waals surface area contributed by atoms with Crippen LogP contribution in [0, 0.1) is 0 Å². The molecule has 25 heavy (non-hydrogen) atoms. The van der Waals surface area contributed by atoms with Crippen molar-refractivity contribution in [3.05, 3.63) is 100 Å². The van der Waals surface area contributed by atoms with Gasteiger partial charge in [0.2, 0.25) is 0 Å². The van der Waals surface area contributed by atoms with Crippen LogP contribution in [0.25, 0.3) is 10.4 Å². The fraction of sp³-hybridized carbons (Fsp3) is 0.100. The van der Waals surface area contributed by atoms with Crippen LogP contribution >= 0.6 is 0 Å². The van der Waals surface area contributed by atoms with Crippen LogP contribution < -0.4 is 9.47 Å². The van der Waals surface area contributed by atoms with Crippen molar-refractivity contribution in [2.45, 2.75) is 13.2 Å². The number of benzene rings is 3.